The highest BCUT2D eigenvalue weighted by Crippen LogP contribution is 2.32. The Morgan fingerprint density at radius 2 is 1.63 bits per heavy atom. The maximum Gasteiger partial charge on any atom is 0.264 e. The van der Waals surface area contributed by atoms with Crippen molar-refractivity contribution in [2.75, 3.05) is 31.6 Å². The Balaban J connectivity index is 1.56. The minimum atomic E-state index is -3.88. The molecule has 0 unspecified atom stereocenters. The van der Waals surface area contributed by atoms with Crippen LogP contribution in [0, 0.1) is 5.82 Å². The van der Waals surface area contributed by atoms with Crippen LogP contribution in [-0.2, 0) is 16.6 Å². The molecule has 6 nitrogen and oxygen atoms in total. The van der Waals surface area contributed by atoms with Crippen LogP contribution in [0.25, 0.3) is 0 Å². The van der Waals surface area contributed by atoms with E-state index in [0.29, 0.717) is 43.2 Å². The van der Waals surface area contributed by atoms with Gasteiger partial charge in [0, 0.05) is 36.3 Å². The van der Waals surface area contributed by atoms with Crippen molar-refractivity contribution in [3.63, 3.8) is 0 Å². The second-order valence-corrected chi connectivity index (χ2v) is 10.7. The van der Waals surface area contributed by atoms with Crippen molar-refractivity contribution in [1.29, 1.82) is 0 Å². The topological polar surface area (TPSA) is 59.1 Å². The van der Waals surface area contributed by atoms with E-state index in [1.165, 1.54) is 40.7 Å². The minimum Gasteiger partial charge on any atom is -0.497 e. The highest BCUT2D eigenvalue weighted by molar-refractivity contribution is 7.92. The zero-order valence-corrected chi connectivity index (χ0v) is 21.2. The number of methoxy groups -OCH3 is 2. The van der Waals surface area contributed by atoms with Crippen LogP contribution in [0.5, 0.6) is 11.5 Å². The fourth-order valence-electron chi connectivity index (χ4n) is 4.41. The monoisotopic (exact) mass is 518 g/mol. The normalized spacial score (nSPS) is 15.1. The molecule has 0 amide bonds. The van der Waals surface area contributed by atoms with Crippen LogP contribution in [0.1, 0.15) is 18.4 Å². The first kappa shape index (κ1) is 25.3. The lowest BCUT2D eigenvalue weighted by Gasteiger charge is -2.39. The Morgan fingerprint density at radius 3 is 2.23 bits per heavy atom. The second kappa shape index (κ2) is 10.8. The lowest BCUT2D eigenvalue weighted by atomic mass is 10.0. The summed E-state index contributed by atoms with van der Waals surface area (Å²) >= 11 is 5.98. The molecule has 3 aromatic carbocycles. The molecule has 186 valence electrons. The van der Waals surface area contributed by atoms with Crippen LogP contribution < -0.4 is 13.8 Å². The van der Waals surface area contributed by atoms with Crippen LogP contribution in [0.15, 0.2) is 71.6 Å². The summed E-state index contributed by atoms with van der Waals surface area (Å²) in [5, 5.41) is 0.457. The molecule has 0 atom stereocenters. The summed E-state index contributed by atoms with van der Waals surface area (Å²) in [6.07, 6.45) is 1.24. The number of sulfonamides is 1. The molecule has 0 saturated carbocycles. The highest BCUT2D eigenvalue weighted by atomic mass is 35.5. The van der Waals surface area contributed by atoms with E-state index in [4.69, 9.17) is 21.1 Å². The molecule has 3 aromatic rings. The molecular formula is C26H28ClFN2O4S. The zero-order valence-electron chi connectivity index (χ0n) is 19.7. The Morgan fingerprint density at radius 1 is 0.971 bits per heavy atom. The molecule has 1 aliphatic rings. The third-order valence-corrected chi connectivity index (χ3v) is 8.37. The van der Waals surface area contributed by atoms with Crippen molar-refractivity contribution in [3.8, 4) is 11.5 Å². The van der Waals surface area contributed by atoms with E-state index >= 15 is 0 Å². The number of ether oxygens (including phenoxy) is 2. The fraction of sp³-hybridized carbons (Fsp3) is 0.308. The summed E-state index contributed by atoms with van der Waals surface area (Å²) in [5.74, 6) is 1.12. The zero-order chi connectivity index (χ0) is 25.0. The van der Waals surface area contributed by atoms with E-state index in [-0.39, 0.29) is 10.9 Å². The third kappa shape index (κ3) is 5.72. The smallest absolute Gasteiger partial charge is 0.264 e. The SMILES string of the molecule is COc1ccc(OC)c(CN2CCC(N(c3ccc(F)cc3)S(=O)(=O)c3ccc(Cl)cc3)CC2)c1. The van der Waals surface area contributed by atoms with E-state index in [0.717, 1.165) is 17.1 Å². The van der Waals surface area contributed by atoms with Gasteiger partial charge in [-0.15, -0.1) is 0 Å². The molecule has 4 rings (SSSR count). The number of hydrogen-bond donors (Lipinski definition) is 0. The number of rotatable bonds is 8. The summed E-state index contributed by atoms with van der Waals surface area (Å²) in [6, 6.07) is 17.1. The van der Waals surface area contributed by atoms with Crippen molar-refractivity contribution in [2.45, 2.75) is 30.3 Å². The Kier molecular flexibility index (Phi) is 7.84. The molecule has 0 aromatic heterocycles. The van der Waals surface area contributed by atoms with Crippen molar-refractivity contribution in [2.24, 2.45) is 0 Å². The van der Waals surface area contributed by atoms with Crippen LogP contribution in [-0.4, -0.2) is 46.7 Å². The predicted molar refractivity (Wildman–Crippen MR) is 135 cm³/mol. The molecule has 1 heterocycles. The molecule has 1 saturated heterocycles. The van der Waals surface area contributed by atoms with Gasteiger partial charge in [-0.25, -0.2) is 12.8 Å². The van der Waals surface area contributed by atoms with Crippen LogP contribution >= 0.6 is 11.6 Å². The van der Waals surface area contributed by atoms with Gasteiger partial charge in [-0.2, -0.15) is 0 Å². The first-order valence-electron chi connectivity index (χ1n) is 11.3. The van der Waals surface area contributed by atoms with E-state index in [1.807, 2.05) is 18.2 Å². The van der Waals surface area contributed by atoms with Crippen molar-refractivity contribution in [1.82, 2.24) is 4.90 Å². The number of likely N-dealkylation sites (tertiary alicyclic amines) is 1. The van der Waals surface area contributed by atoms with Crippen molar-refractivity contribution < 1.29 is 22.3 Å². The van der Waals surface area contributed by atoms with Gasteiger partial charge in [-0.3, -0.25) is 9.21 Å². The average Bonchev–Trinajstić information content (AvgIpc) is 2.86. The molecule has 35 heavy (non-hydrogen) atoms. The molecule has 1 aliphatic heterocycles. The molecule has 9 heteroatoms. The number of hydrogen-bond acceptors (Lipinski definition) is 5. The van der Waals surface area contributed by atoms with Gasteiger partial charge in [0.05, 0.1) is 24.8 Å². The first-order valence-corrected chi connectivity index (χ1v) is 13.1. The molecular weight excluding hydrogens is 491 g/mol. The van der Waals surface area contributed by atoms with Crippen LogP contribution in [0.4, 0.5) is 10.1 Å². The van der Waals surface area contributed by atoms with E-state index in [1.54, 1.807) is 26.4 Å². The summed E-state index contributed by atoms with van der Waals surface area (Å²) in [5.41, 5.74) is 1.45. The van der Waals surface area contributed by atoms with Gasteiger partial charge in [-0.05, 0) is 79.6 Å². The van der Waals surface area contributed by atoms with E-state index in [2.05, 4.69) is 4.90 Å². The van der Waals surface area contributed by atoms with E-state index < -0.39 is 15.8 Å². The van der Waals surface area contributed by atoms with Gasteiger partial charge in [0.15, 0.2) is 0 Å². The maximum atomic E-state index is 13.7. The van der Waals surface area contributed by atoms with Gasteiger partial charge in [0.25, 0.3) is 10.0 Å². The largest absolute Gasteiger partial charge is 0.497 e. The Bertz CT molecular complexity index is 1250. The summed E-state index contributed by atoms with van der Waals surface area (Å²) in [7, 11) is -0.616. The number of halogens is 2. The standard InChI is InChI=1S/C26H28ClFN2O4S/c1-33-24-9-12-26(34-2)19(17-24)18-29-15-13-23(14-16-29)30(22-7-5-21(28)6-8-22)35(31,32)25-10-3-20(27)4-11-25/h3-12,17,23H,13-16,18H2,1-2H3. The van der Waals surface area contributed by atoms with Gasteiger partial charge in [0.2, 0.25) is 0 Å². The van der Waals surface area contributed by atoms with Crippen LogP contribution in [0.3, 0.4) is 0 Å². The highest BCUT2D eigenvalue weighted by Gasteiger charge is 2.34. The van der Waals surface area contributed by atoms with E-state index in [9.17, 15) is 12.8 Å². The molecule has 0 aliphatic carbocycles. The lowest BCUT2D eigenvalue weighted by Crippen LogP contribution is -2.47. The number of piperidine rings is 1. The summed E-state index contributed by atoms with van der Waals surface area (Å²) < 4.78 is 53.3. The first-order chi connectivity index (χ1) is 16.8. The molecule has 0 N–H and O–H groups in total. The average molecular weight is 519 g/mol. The Hall–Kier alpha value is -2.81. The van der Waals surface area contributed by atoms with Gasteiger partial charge < -0.3 is 9.47 Å². The number of benzene rings is 3. The molecule has 0 radical (unpaired) electrons. The van der Waals surface area contributed by atoms with Crippen molar-refractivity contribution >= 4 is 27.3 Å². The fourth-order valence-corrected chi connectivity index (χ4v) is 6.25. The van der Waals surface area contributed by atoms with Crippen LogP contribution in [0.2, 0.25) is 5.02 Å². The third-order valence-electron chi connectivity index (χ3n) is 6.22. The Labute approximate surface area is 210 Å². The summed E-state index contributed by atoms with van der Waals surface area (Å²) in [4.78, 5) is 2.42. The number of nitrogens with zero attached hydrogens (tertiary/aromatic N) is 2. The molecule has 0 bridgehead atoms. The van der Waals surface area contributed by atoms with Gasteiger partial charge >= 0.3 is 0 Å². The van der Waals surface area contributed by atoms with Gasteiger partial charge in [0.1, 0.15) is 17.3 Å². The lowest BCUT2D eigenvalue weighted by molar-refractivity contribution is 0.204. The second-order valence-electron chi connectivity index (χ2n) is 8.42. The molecule has 1 fully saturated rings. The van der Waals surface area contributed by atoms with Gasteiger partial charge in [-0.1, -0.05) is 11.6 Å². The molecule has 0 spiro atoms. The summed E-state index contributed by atoms with van der Waals surface area (Å²) in [6.45, 7) is 2.05. The quantitative estimate of drug-likeness (QED) is 0.402. The minimum absolute atomic E-state index is 0.148. The predicted octanol–water partition coefficient (Wildman–Crippen LogP) is 5.36. The van der Waals surface area contributed by atoms with Crippen molar-refractivity contribution in [3.05, 3.63) is 83.1 Å². The maximum absolute atomic E-state index is 13.7. The number of anilines is 1.